The number of methoxy groups -OCH3 is 3. The van der Waals surface area contributed by atoms with E-state index in [1.165, 1.54) is 0 Å². The van der Waals surface area contributed by atoms with E-state index >= 15 is 0 Å². The third-order valence-corrected chi connectivity index (χ3v) is 4.77. The minimum atomic E-state index is 0.0401. The van der Waals surface area contributed by atoms with Crippen molar-refractivity contribution in [1.29, 1.82) is 0 Å². The van der Waals surface area contributed by atoms with Crippen LogP contribution in [0.4, 0.5) is 0 Å². The van der Waals surface area contributed by atoms with Gasteiger partial charge in [0.25, 0.3) is 0 Å². The van der Waals surface area contributed by atoms with Crippen LogP contribution in [0.15, 0.2) is 36.7 Å². The lowest BCUT2D eigenvalue weighted by Crippen LogP contribution is -2.33. The molecule has 0 bridgehead atoms. The molecule has 1 N–H and O–H groups in total. The number of benzene rings is 1. The normalized spacial score (nSPS) is 16.6. The van der Waals surface area contributed by atoms with Gasteiger partial charge in [-0.05, 0) is 30.7 Å². The third-order valence-electron chi connectivity index (χ3n) is 4.77. The summed E-state index contributed by atoms with van der Waals surface area (Å²) in [6, 6.07) is 8.05. The molecule has 1 aliphatic rings. The molecule has 1 atom stereocenters. The zero-order chi connectivity index (χ0) is 18.4. The Bertz CT molecular complexity index is 701. The van der Waals surface area contributed by atoms with Crippen LogP contribution in [0.25, 0.3) is 0 Å². The summed E-state index contributed by atoms with van der Waals surface area (Å²) < 4.78 is 16.7. The smallest absolute Gasteiger partial charge is 0.164 e. The molecule has 1 aromatic carbocycles. The predicted molar refractivity (Wildman–Crippen MR) is 101 cm³/mol. The molecular weight excluding hydrogens is 330 g/mol. The summed E-state index contributed by atoms with van der Waals surface area (Å²) >= 11 is 0. The monoisotopic (exact) mass is 357 g/mol. The highest BCUT2D eigenvalue weighted by Gasteiger charge is 2.27. The van der Waals surface area contributed by atoms with Crippen LogP contribution in [0.3, 0.4) is 0 Å². The Balaban J connectivity index is 2.11. The van der Waals surface area contributed by atoms with Gasteiger partial charge in [0.2, 0.25) is 0 Å². The molecule has 26 heavy (non-hydrogen) atoms. The van der Waals surface area contributed by atoms with Crippen LogP contribution >= 0.6 is 0 Å². The topological polar surface area (TPSA) is 55.9 Å². The molecule has 6 heteroatoms. The molecule has 3 rings (SSSR count). The van der Waals surface area contributed by atoms with Crippen molar-refractivity contribution < 1.29 is 14.2 Å². The quantitative estimate of drug-likeness (QED) is 0.857. The maximum absolute atomic E-state index is 5.71. The van der Waals surface area contributed by atoms with Gasteiger partial charge >= 0.3 is 0 Å². The van der Waals surface area contributed by atoms with Crippen LogP contribution in [0.2, 0.25) is 0 Å². The third kappa shape index (κ3) is 3.92. The number of rotatable bonds is 6. The van der Waals surface area contributed by atoms with Gasteiger partial charge in [0.15, 0.2) is 11.5 Å². The van der Waals surface area contributed by atoms with Crippen LogP contribution in [0, 0.1) is 0 Å². The molecule has 0 radical (unpaired) electrons. The molecule has 140 valence electrons. The number of nitrogens with zero attached hydrogens (tertiary/aromatic N) is 2. The Labute approximate surface area is 155 Å². The predicted octanol–water partition coefficient (Wildman–Crippen LogP) is 2.49. The Morgan fingerprint density at radius 1 is 1.00 bits per heavy atom. The molecule has 1 saturated heterocycles. The van der Waals surface area contributed by atoms with Gasteiger partial charge in [-0.3, -0.25) is 9.88 Å². The lowest BCUT2D eigenvalue weighted by molar-refractivity contribution is 0.235. The molecule has 1 unspecified atom stereocenters. The van der Waals surface area contributed by atoms with E-state index in [1.807, 2.05) is 24.4 Å². The number of hydrogen-bond acceptors (Lipinski definition) is 6. The maximum Gasteiger partial charge on any atom is 0.164 e. The van der Waals surface area contributed by atoms with E-state index in [4.69, 9.17) is 14.2 Å². The average Bonchev–Trinajstić information content (AvgIpc) is 2.98. The molecule has 1 aliphatic heterocycles. The summed E-state index contributed by atoms with van der Waals surface area (Å²) in [5.41, 5.74) is 2.19. The Morgan fingerprint density at radius 2 is 1.77 bits per heavy atom. The zero-order valence-corrected chi connectivity index (χ0v) is 15.7. The first-order valence-corrected chi connectivity index (χ1v) is 8.93. The van der Waals surface area contributed by atoms with Gasteiger partial charge in [0, 0.05) is 43.7 Å². The SMILES string of the molecule is COc1cc(OC)c(C(c2cccnc2)N2CCCNCC2)cc1OC. The van der Waals surface area contributed by atoms with Crippen molar-refractivity contribution in [3.8, 4) is 17.2 Å². The highest BCUT2D eigenvalue weighted by atomic mass is 16.5. The van der Waals surface area contributed by atoms with Crippen LogP contribution in [-0.2, 0) is 0 Å². The molecular formula is C20H27N3O3. The fourth-order valence-corrected chi connectivity index (χ4v) is 3.52. The van der Waals surface area contributed by atoms with Crippen molar-refractivity contribution in [2.45, 2.75) is 12.5 Å². The van der Waals surface area contributed by atoms with Gasteiger partial charge in [-0.25, -0.2) is 0 Å². The summed E-state index contributed by atoms with van der Waals surface area (Å²) in [4.78, 5) is 6.82. The molecule has 0 aliphatic carbocycles. The second-order valence-corrected chi connectivity index (χ2v) is 6.28. The molecule has 0 spiro atoms. The highest BCUT2D eigenvalue weighted by molar-refractivity contribution is 5.53. The van der Waals surface area contributed by atoms with E-state index in [0.29, 0.717) is 11.5 Å². The first-order valence-electron chi connectivity index (χ1n) is 8.93. The van der Waals surface area contributed by atoms with Crippen molar-refractivity contribution in [3.63, 3.8) is 0 Å². The van der Waals surface area contributed by atoms with E-state index in [0.717, 1.165) is 49.5 Å². The van der Waals surface area contributed by atoms with Crippen molar-refractivity contribution >= 4 is 0 Å². The number of aromatic nitrogens is 1. The van der Waals surface area contributed by atoms with Crippen LogP contribution in [-0.4, -0.2) is 57.4 Å². The minimum absolute atomic E-state index is 0.0401. The van der Waals surface area contributed by atoms with Gasteiger partial charge in [-0.15, -0.1) is 0 Å². The molecule has 2 heterocycles. The summed E-state index contributed by atoms with van der Waals surface area (Å²) in [6.07, 6.45) is 4.84. The summed E-state index contributed by atoms with van der Waals surface area (Å²) in [7, 11) is 4.98. The fraction of sp³-hybridized carbons (Fsp3) is 0.450. The van der Waals surface area contributed by atoms with Crippen molar-refractivity contribution in [2.24, 2.45) is 0 Å². The molecule has 0 saturated carbocycles. The first-order chi connectivity index (χ1) is 12.8. The lowest BCUT2D eigenvalue weighted by Gasteiger charge is -2.32. The van der Waals surface area contributed by atoms with Gasteiger partial charge in [-0.1, -0.05) is 6.07 Å². The van der Waals surface area contributed by atoms with Gasteiger partial charge in [-0.2, -0.15) is 0 Å². The molecule has 1 aromatic heterocycles. The van der Waals surface area contributed by atoms with E-state index in [9.17, 15) is 0 Å². The molecule has 2 aromatic rings. The Morgan fingerprint density at radius 3 is 2.46 bits per heavy atom. The van der Waals surface area contributed by atoms with Crippen LogP contribution in [0.1, 0.15) is 23.6 Å². The van der Waals surface area contributed by atoms with E-state index in [-0.39, 0.29) is 6.04 Å². The molecule has 6 nitrogen and oxygen atoms in total. The highest BCUT2D eigenvalue weighted by Crippen LogP contribution is 2.41. The number of ether oxygens (including phenoxy) is 3. The lowest BCUT2D eigenvalue weighted by atomic mass is 9.96. The zero-order valence-electron chi connectivity index (χ0n) is 15.7. The van der Waals surface area contributed by atoms with E-state index in [1.54, 1.807) is 27.5 Å². The fourth-order valence-electron chi connectivity index (χ4n) is 3.52. The number of hydrogen-bond donors (Lipinski definition) is 1. The van der Waals surface area contributed by atoms with Crippen LogP contribution in [0.5, 0.6) is 17.2 Å². The Kier molecular flexibility index (Phi) is 6.30. The minimum Gasteiger partial charge on any atom is -0.496 e. The van der Waals surface area contributed by atoms with Crippen molar-refractivity contribution in [1.82, 2.24) is 15.2 Å². The number of nitrogens with one attached hydrogen (secondary N) is 1. The van der Waals surface area contributed by atoms with Crippen molar-refractivity contribution in [2.75, 3.05) is 47.5 Å². The second kappa shape index (κ2) is 8.87. The number of pyridine rings is 1. The summed E-state index contributed by atoms with van der Waals surface area (Å²) in [5, 5.41) is 3.47. The first kappa shape index (κ1) is 18.5. The van der Waals surface area contributed by atoms with Gasteiger partial charge in [0.1, 0.15) is 5.75 Å². The van der Waals surface area contributed by atoms with Gasteiger partial charge in [0.05, 0.1) is 27.4 Å². The largest absolute Gasteiger partial charge is 0.496 e. The molecule has 0 amide bonds. The molecule has 1 fully saturated rings. The van der Waals surface area contributed by atoms with E-state index in [2.05, 4.69) is 21.3 Å². The van der Waals surface area contributed by atoms with Crippen molar-refractivity contribution in [3.05, 3.63) is 47.8 Å². The summed E-state index contributed by atoms with van der Waals surface area (Å²) in [6.45, 7) is 3.97. The van der Waals surface area contributed by atoms with Gasteiger partial charge < -0.3 is 19.5 Å². The maximum atomic E-state index is 5.71. The van der Waals surface area contributed by atoms with Crippen LogP contribution < -0.4 is 19.5 Å². The summed E-state index contributed by atoms with van der Waals surface area (Å²) in [5.74, 6) is 2.15. The van der Waals surface area contributed by atoms with E-state index < -0.39 is 0 Å². The Hall–Kier alpha value is -2.31. The standard InChI is InChI=1S/C20H27N3O3/c1-24-17-13-19(26-3)18(25-2)12-16(17)20(15-6-4-7-22-14-15)23-10-5-8-21-9-11-23/h4,6-7,12-14,20-21H,5,8-11H2,1-3H3. The average molecular weight is 357 g/mol. The second-order valence-electron chi connectivity index (χ2n) is 6.28.